The Bertz CT molecular complexity index is 709. The van der Waals surface area contributed by atoms with Gasteiger partial charge in [-0.3, -0.25) is 0 Å². The van der Waals surface area contributed by atoms with Crippen molar-refractivity contribution in [2.45, 2.75) is 32.8 Å². The average molecular weight is 312 g/mol. The number of esters is 1. The molecule has 0 bridgehead atoms. The van der Waals surface area contributed by atoms with Crippen LogP contribution in [0.1, 0.15) is 52.6 Å². The molecule has 0 heterocycles. The molecule has 2 rings (SSSR count). The van der Waals surface area contributed by atoms with Crippen molar-refractivity contribution in [1.82, 2.24) is 0 Å². The van der Waals surface area contributed by atoms with Gasteiger partial charge < -0.3 is 9.84 Å². The summed E-state index contributed by atoms with van der Waals surface area (Å²) in [7, 11) is 0. The third kappa shape index (κ3) is 4.19. The zero-order chi connectivity index (χ0) is 17.0. The fraction of sp³-hybridized carbons (Fsp3) is 0.263. The second kappa shape index (κ2) is 6.65. The van der Waals surface area contributed by atoms with Gasteiger partial charge in [-0.1, -0.05) is 51.1 Å². The Hall–Kier alpha value is -2.62. The summed E-state index contributed by atoms with van der Waals surface area (Å²) in [4.78, 5) is 23.2. The highest BCUT2D eigenvalue weighted by atomic mass is 16.5. The summed E-state index contributed by atoms with van der Waals surface area (Å²) in [6.45, 7) is 6.23. The first-order chi connectivity index (χ1) is 10.8. The SMILES string of the molecule is CC(C)(C)c1ccc(C(=O)OCc2ccccc2C(=O)O)cc1. The van der Waals surface area contributed by atoms with Crippen LogP contribution in [0.2, 0.25) is 0 Å². The fourth-order valence-electron chi connectivity index (χ4n) is 2.19. The molecule has 2 aromatic carbocycles. The van der Waals surface area contributed by atoms with Crippen molar-refractivity contribution in [1.29, 1.82) is 0 Å². The summed E-state index contributed by atoms with van der Waals surface area (Å²) in [5, 5.41) is 9.11. The number of carbonyl (C=O) groups is 2. The van der Waals surface area contributed by atoms with Gasteiger partial charge in [-0.15, -0.1) is 0 Å². The van der Waals surface area contributed by atoms with E-state index in [9.17, 15) is 9.59 Å². The van der Waals surface area contributed by atoms with Crippen LogP contribution in [0.3, 0.4) is 0 Å². The zero-order valence-corrected chi connectivity index (χ0v) is 13.5. The number of hydrogen-bond donors (Lipinski definition) is 1. The highest BCUT2D eigenvalue weighted by molar-refractivity contribution is 5.90. The van der Waals surface area contributed by atoms with Crippen LogP contribution in [-0.4, -0.2) is 17.0 Å². The first-order valence-electron chi connectivity index (χ1n) is 7.38. The molecule has 0 amide bonds. The third-order valence-corrected chi connectivity index (χ3v) is 3.59. The minimum atomic E-state index is -1.04. The Labute approximate surface area is 135 Å². The first kappa shape index (κ1) is 16.7. The molecular formula is C19H20O4. The van der Waals surface area contributed by atoms with E-state index in [2.05, 4.69) is 20.8 Å². The summed E-state index contributed by atoms with van der Waals surface area (Å²) in [6.07, 6.45) is 0. The fourth-order valence-corrected chi connectivity index (χ4v) is 2.19. The lowest BCUT2D eigenvalue weighted by Gasteiger charge is -2.19. The average Bonchev–Trinajstić information content (AvgIpc) is 2.52. The maximum absolute atomic E-state index is 12.1. The van der Waals surface area contributed by atoms with Gasteiger partial charge in [-0.05, 0) is 29.2 Å². The van der Waals surface area contributed by atoms with E-state index in [0.29, 0.717) is 11.1 Å². The Morgan fingerprint density at radius 3 is 2.17 bits per heavy atom. The zero-order valence-electron chi connectivity index (χ0n) is 13.5. The summed E-state index contributed by atoms with van der Waals surface area (Å²) in [6, 6.07) is 13.7. The summed E-state index contributed by atoms with van der Waals surface area (Å²) >= 11 is 0. The third-order valence-electron chi connectivity index (χ3n) is 3.59. The molecule has 4 nitrogen and oxygen atoms in total. The molecule has 23 heavy (non-hydrogen) atoms. The van der Waals surface area contributed by atoms with Gasteiger partial charge >= 0.3 is 11.9 Å². The highest BCUT2D eigenvalue weighted by Gasteiger charge is 2.15. The van der Waals surface area contributed by atoms with E-state index in [0.717, 1.165) is 5.56 Å². The predicted molar refractivity (Wildman–Crippen MR) is 87.7 cm³/mol. The first-order valence-corrected chi connectivity index (χ1v) is 7.38. The summed E-state index contributed by atoms with van der Waals surface area (Å²) < 4.78 is 5.23. The number of carboxylic acids is 1. The number of benzene rings is 2. The predicted octanol–water partition coefficient (Wildman–Crippen LogP) is 4.04. The smallest absolute Gasteiger partial charge is 0.338 e. The van der Waals surface area contributed by atoms with Gasteiger partial charge in [0.05, 0.1) is 11.1 Å². The standard InChI is InChI=1S/C19H20O4/c1-19(2,3)15-10-8-13(9-11-15)18(22)23-12-14-6-4-5-7-16(14)17(20)21/h4-11H,12H2,1-3H3,(H,20,21). The van der Waals surface area contributed by atoms with Crippen LogP contribution < -0.4 is 0 Å². The number of hydrogen-bond acceptors (Lipinski definition) is 3. The van der Waals surface area contributed by atoms with E-state index >= 15 is 0 Å². The van der Waals surface area contributed by atoms with Crippen molar-refractivity contribution in [2.24, 2.45) is 0 Å². The van der Waals surface area contributed by atoms with Crippen molar-refractivity contribution in [2.75, 3.05) is 0 Å². The second-order valence-electron chi connectivity index (χ2n) is 6.37. The molecular weight excluding hydrogens is 292 g/mol. The van der Waals surface area contributed by atoms with Crippen LogP contribution in [0.25, 0.3) is 0 Å². The molecule has 1 N–H and O–H groups in total. The minimum absolute atomic E-state index is 0.0167. The molecule has 0 aliphatic rings. The molecule has 0 fully saturated rings. The van der Waals surface area contributed by atoms with Crippen LogP contribution in [0.5, 0.6) is 0 Å². The van der Waals surface area contributed by atoms with Crippen LogP contribution in [-0.2, 0) is 16.8 Å². The minimum Gasteiger partial charge on any atom is -0.478 e. The number of ether oxygens (including phenoxy) is 1. The molecule has 0 aliphatic carbocycles. The van der Waals surface area contributed by atoms with E-state index in [-0.39, 0.29) is 17.6 Å². The van der Waals surface area contributed by atoms with E-state index < -0.39 is 11.9 Å². The molecule has 120 valence electrons. The van der Waals surface area contributed by atoms with Crippen LogP contribution in [0.15, 0.2) is 48.5 Å². The largest absolute Gasteiger partial charge is 0.478 e. The Kier molecular flexibility index (Phi) is 4.84. The van der Waals surface area contributed by atoms with E-state index in [1.165, 1.54) is 6.07 Å². The summed E-state index contributed by atoms with van der Waals surface area (Å²) in [5.41, 5.74) is 2.21. The molecule has 0 aliphatic heterocycles. The molecule has 0 saturated carbocycles. The Morgan fingerprint density at radius 1 is 1.00 bits per heavy atom. The normalized spacial score (nSPS) is 11.1. The topological polar surface area (TPSA) is 63.6 Å². The van der Waals surface area contributed by atoms with Crippen LogP contribution in [0, 0.1) is 0 Å². The number of carboxylic acid groups (broad SMARTS) is 1. The van der Waals surface area contributed by atoms with Crippen molar-refractivity contribution >= 4 is 11.9 Å². The Balaban J connectivity index is 2.07. The van der Waals surface area contributed by atoms with E-state index in [1.54, 1.807) is 30.3 Å². The van der Waals surface area contributed by atoms with E-state index in [1.807, 2.05) is 12.1 Å². The molecule has 2 aromatic rings. The molecule has 0 atom stereocenters. The van der Waals surface area contributed by atoms with Crippen LogP contribution in [0.4, 0.5) is 0 Å². The molecule has 0 spiro atoms. The molecule has 0 saturated heterocycles. The lowest BCUT2D eigenvalue weighted by Crippen LogP contribution is -2.12. The van der Waals surface area contributed by atoms with Gasteiger partial charge in [0.15, 0.2) is 0 Å². The van der Waals surface area contributed by atoms with Gasteiger partial charge in [0, 0.05) is 5.56 Å². The maximum Gasteiger partial charge on any atom is 0.338 e. The van der Waals surface area contributed by atoms with E-state index in [4.69, 9.17) is 9.84 Å². The number of rotatable bonds is 4. The van der Waals surface area contributed by atoms with Crippen LogP contribution >= 0.6 is 0 Å². The molecule has 0 aromatic heterocycles. The highest BCUT2D eigenvalue weighted by Crippen LogP contribution is 2.22. The summed E-state index contributed by atoms with van der Waals surface area (Å²) in [5.74, 6) is -1.50. The van der Waals surface area contributed by atoms with Gasteiger partial charge in [0.25, 0.3) is 0 Å². The number of carbonyl (C=O) groups excluding carboxylic acids is 1. The lowest BCUT2D eigenvalue weighted by atomic mass is 9.87. The quantitative estimate of drug-likeness (QED) is 0.865. The monoisotopic (exact) mass is 312 g/mol. The molecule has 0 unspecified atom stereocenters. The molecule has 4 heteroatoms. The van der Waals surface area contributed by atoms with Crippen molar-refractivity contribution in [3.05, 3.63) is 70.8 Å². The van der Waals surface area contributed by atoms with Gasteiger partial charge in [0.2, 0.25) is 0 Å². The Morgan fingerprint density at radius 2 is 1.61 bits per heavy atom. The van der Waals surface area contributed by atoms with Gasteiger partial charge in [-0.25, -0.2) is 9.59 Å². The maximum atomic E-state index is 12.1. The van der Waals surface area contributed by atoms with Gasteiger partial charge in [0.1, 0.15) is 6.61 Å². The second-order valence-corrected chi connectivity index (χ2v) is 6.37. The van der Waals surface area contributed by atoms with Gasteiger partial charge in [-0.2, -0.15) is 0 Å². The number of aromatic carboxylic acids is 1. The molecule has 0 radical (unpaired) electrons. The van der Waals surface area contributed by atoms with Crippen molar-refractivity contribution < 1.29 is 19.4 Å². The lowest BCUT2D eigenvalue weighted by molar-refractivity contribution is 0.0465. The van der Waals surface area contributed by atoms with Crippen molar-refractivity contribution in [3.63, 3.8) is 0 Å². The van der Waals surface area contributed by atoms with Crippen molar-refractivity contribution in [3.8, 4) is 0 Å².